The van der Waals surface area contributed by atoms with Crippen LogP contribution in [0.2, 0.25) is 0 Å². The van der Waals surface area contributed by atoms with Gasteiger partial charge in [0.2, 0.25) is 5.91 Å². The SMILES string of the molecule is COc1ccc(Br)c(C(=O)Nc2ccc(OC)c(N3CCCC3=O)c2)c1. The van der Waals surface area contributed by atoms with Crippen LogP contribution in [0.15, 0.2) is 40.9 Å². The molecule has 2 amide bonds. The Labute approximate surface area is 160 Å². The summed E-state index contributed by atoms with van der Waals surface area (Å²) >= 11 is 3.38. The Bertz CT molecular complexity index is 853. The second kappa shape index (κ2) is 7.78. The molecule has 2 aromatic rings. The van der Waals surface area contributed by atoms with Gasteiger partial charge in [0, 0.05) is 23.1 Å². The Morgan fingerprint density at radius 1 is 1.15 bits per heavy atom. The first kappa shape index (κ1) is 18.3. The molecule has 0 spiro atoms. The molecule has 7 heteroatoms. The van der Waals surface area contributed by atoms with E-state index in [-0.39, 0.29) is 11.8 Å². The minimum absolute atomic E-state index is 0.0577. The maximum atomic E-state index is 12.6. The van der Waals surface area contributed by atoms with Crippen LogP contribution in [0.1, 0.15) is 23.2 Å². The predicted molar refractivity (Wildman–Crippen MR) is 103 cm³/mol. The number of hydrogen-bond donors (Lipinski definition) is 1. The van der Waals surface area contributed by atoms with Gasteiger partial charge in [0.1, 0.15) is 11.5 Å². The summed E-state index contributed by atoms with van der Waals surface area (Å²) in [6.45, 7) is 0.647. The molecule has 0 aliphatic carbocycles. The lowest BCUT2D eigenvalue weighted by Crippen LogP contribution is -2.24. The minimum atomic E-state index is -0.278. The second-order valence-corrected chi connectivity index (χ2v) is 6.69. The Kier molecular flexibility index (Phi) is 5.46. The fourth-order valence-corrected chi connectivity index (χ4v) is 3.31. The van der Waals surface area contributed by atoms with Gasteiger partial charge >= 0.3 is 0 Å². The van der Waals surface area contributed by atoms with Crippen LogP contribution >= 0.6 is 15.9 Å². The van der Waals surface area contributed by atoms with Gasteiger partial charge in [-0.3, -0.25) is 9.59 Å². The van der Waals surface area contributed by atoms with Gasteiger partial charge in [0.05, 0.1) is 25.5 Å². The standard InChI is InChI=1S/C19H19BrN2O4/c1-25-13-6-7-15(20)14(11-13)19(24)21-12-5-8-17(26-2)16(10-12)22-9-3-4-18(22)23/h5-8,10-11H,3-4,9H2,1-2H3,(H,21,24). The number of hydrogen-bond acceptors (Lipinski definition) is 4. The number of carbonyl (C=O) groups excluding carboxylic acids is 2. The van der Waals surface area contributed by atoms with E-state index in [2.05, 4.69) is 21.2 Å². The highest BCUT2D eigenvalue weighted by Gasteiger charge is 2.25. The monoisotopic (exact) mass is 418 g/mol. The average molecular weight is 419 g/mol. The molecule has 0 aromatic heterocycles. The minimum Gasteiger partial charge on any atom is -0.497 e. The molecule has 136 valence electrons. The van der Waals surface area contributed by atoms with Crippen molar-refractivity contribution in [2.45, 2.75) is 12.8 Å². The van der Waals surface area contributed by atoms with Gasteiger partial charge in [-0.25, -0.2) is 0 Å². The van der Waals surface area contributed by atoms with Crippen molar-refractivity contribution in [2.24, 2.45) is 0 Å². The summed E-state index contributed by atoms with van der Waals surface area (Å²) in [6, 6.07) is 10.4. The third-order valence-corrected chi connectivity index (χ3v) is 4.91. The number of benzene rings is 2. The lowest BCUT2D eigenvalue weighted by atomic mass is 10.2. The van der Waals surface area contributed by atoms with Crippen molar-refractivity contribution in [3.8, 4) is 11.5 Å². The summed E-state index contributed by atoms with van der Waals surface area (Å²) in [6.07, 6.45) is 1.34. The Morgan fingerprint density at radius 3 is 2.62 bits per heavy atom. The highest BCUT2D eigenvalue weighted by molar-refractivity contribution is 9.10. The Morgan fingerprint density at radius 2 is 1.96 bits per heavy atom. The van der Waals surface area contributed by atoms with Crippen LogP contribution in [0, 0.1) is 0 Å². The molecule has 1 N–H and O–H groups in total. The quantitative estimate of drug-likeness (QED) is 0.800. The van der Waals surface area contributed by atoms with E-state index in [0.717, 1.165) is 6.42 Å². The molecule has 26 heavy (non-hydrogen) atoms. The van der Waals surface area contributed by atoms with Crippen molar-refractivity contribution < 1.29 is 19.1 Å². The maximum absolute atomic E-state index is 12.6. The number of carbonyl (C=O) groups is 2. The zero-order valence-electron chi connectivity index (χ0n) is 14.5. The van der Waals surface area contributed by atoms with Gasteiger partial charge in [-0.2, -0.15) is 0 Å². The summed E-state index contributed by atoms with van der Waals surface area (Å²) in [5.41, 5.74) is 1.71. The van der Waals surface area contributed by atoms with Gasteiger partial charge in [0.25, 0.3) is 5.91 Å². The molecule has 2 aromatic carbocycles. The van der Waals surface area contributed by atoms with Crippen LogP contribution in [-0.4, -0.2) is 32.6 Å². The molecule has 6 nitrogen and oxygen atoms in total. The molecule has 0 saturated carbocycles. The fourth-order valence-electron chi connectivity index (χ4n) is 2.89. The number of methoxy groups -OCH3 is 2. The molecule has 1 aliphatic heterocycles. The topological polar surface area (TPSA) is 67.9 Å². The van der Waals surface area contributed by atoms with Crippen LogP contribution in [0.5, 0.6) is 11.5 Å². The lowest BCUT2D eigenvalue weighted by Gasteiger charge is -2.20. The van der Waals surface area contributed by atoms with Crippen LogP contribution in [0.25, 0.3) is 0 Å². The van der Waals surface area contributed by atoms with Crippen molar-refractivity contribution in [2.75, 3.05) is 31.0 Å². The smallest absolute Gasteiger partial charge is 0.256 e. The van der Waals surface area contributed by atoms with E-state index < -0.39 is 0 Å². The summed E-state index contributed by atoms with van der Waals surface area (Å²) in [5.74, 6) is 0.971. The van der Waals surface area contributed by atoms with Crippen molar-refractivity contribution in [3.63, 3.8) is 0 Å². The highest BCUT2D eigenvalue weighted by Crippen LogP contribution is 2.34. The lowest BCUT2D eigenvalue weighted by molar-refractivity contribution is -0.117. The normalized spacial score (nSPS) is 13.7. The Balaban J connectivity index is 1.88. The number of amides is 2. The summed E-state index contributed by atoms with van der Waals surface area (Å²) in [7, 11) is 3.11. The van der Waals surface area contributed by atoms with Crippen LogP contribution in [0.4, 0.5) is 11.4 Å². The van der Waals surface area contributed by atoms with E-state index in [1.807, 2.05) is 0 Å². The zero-order chi connectivity index (χ0) is 18.7. The number of rotatable bonds is 5. The van der Waals surface area contributed by atoms with Crippen molar-refractivity contribution in [1.82, 2.24) is 0 Å². The molecule has 0 bridgehead atoms. The van der Waals surface area contributed by atoms with Crippen LogP contribution in [-0.2, 0) is 4.79 Å². The van der Waals surface area contributed by atoms with Gasteiger partial charge < -0.3 is 19.7 Å². The van der Waals surface area contributed by atoms with E-state index in [1.165, 1.54) is 0 Å². The van der Waals surface area contributed by atoms with Crippen molar-refractivity contribution in [3.05, 3.63) is 46.4 Å². The van der Waals surface area contributed by atoms with E-state index >= 15 is 0 Å². The second-order valence-electron chi connectivity index (χ2n) is 5.84. The molecule has 1 fully saturated rings. The molecular weight excluding hydrogens is 400 g/mol. The summed E-state index contributed by atoms with van der Waals surface area (Å²) < 4.78 is 11.2. The molecular formula is C19H19BrN2O4. The van der Waals surface area contributed by atoms with Gasteiger partial charge in [0.15, 0.2) is 0 Å². The number of nitrogens with zero attached hydrogens (tertiary/aromatic N) is 1. The molecule has 3 rings (SSSR count). The van der Waals surface area contributed by atoms with Gasteiger partial charge in [-0.15, -0.1) is 0 Å². The van der Waals surface area contributed by atoms with Crippen molar-refractivity contribution in [1.29, 1.82) is 0 Å². The third-order valence-electron chi connectivity index (χ3n) is 4.22. The van der Waals surface area contributed by atoms with E-state index in [1.54, 1.807) is 55.5 Å². The number of ether oxygens (including phenoxy) is 2. The maximum Gasteiger partial charge on any atom is 0.256 e. The largest absolute Gasteiger partial charge is 0.497 e. The number of nitrogens with one attached hydrogen (secondary N) is 1. The fraction of sp³-hybridized carbons (Fsp3) is 0.263. The molecule has 1 heterocycles. The first-order valence-electron chi connectivity index (χ1n) is 8.17. The molecule has 0 atom stereocenters. The Hall–Kier alpha value is -2.54. The van der Waals surface area contributed by atoms with Crippen LogP contribution < -0.4 is 19.7 Å². The number of anilines is 2. The van der Waals surface area contributed by atoms with Gasteiger partial charge in [-0.05, 0) is 58.7 Å². The van der Waals surface area contributed by atoms with E-state index in [4.69, 9.17) is 9.47 Å². The average Bonchev–Trinajstić information content (AvgIpc) is 3.07. The van der Waals surface area contributed by atoms with Gasteiger partial charge in [-0.1, -0.05) is 0 Å². The van der Waals surface area contributed by atoms with E-state index in [0.29, 0.717) is 45.9 Å². The van der Waals surface area contributed by atoms with Crippen molar-refractivity contribution >= 4 is 39.1 Å². The predicted octanol–water partition coefficient (Wildman–Crippen LogP) is 3.85. The first-order chi connectivity index (χ1) is 12.5. The van der Waals surface area contributed by atoms with Crippen LogP contribution in [0.3, 0.4) is 0 Å². The molecule has 0 radical (unpaired) electrons. The zero-order valence-corrected chi connectivity index (χ0v) is 16.1. The molecule has 0 unspecified atom stereocenters. The first-order valence-corrected chi connectivity index (χ1v) is 8.96. The summed E-state index contributed by atoms with van der Waals surface area (Å²) in [5, 5.41) is 2.86. The molecule has 1 aliphatic rings. The number of halogens is 1. The highest BCUT2D eigenvalue weighted by atomic mass is 79.9. The molecule has 1 saturated heterocycles. The van der Waals surface area contributed by atoms with E-state index in [9.17, 15) is 9.59 Å². The summed E-state index contributed by atoms with van der Waals surface area (Å²) in [4.78, 5) is 26.4. The third kappa shape index (κ3) is 3.67.